The lowest BCUT2D eigenvalue weighted by atomic mass is 9.97. The van der Waals surface area contributed by atoms with Crippen molar-refractivity contribution >= 4 is 40.8 Å². The second kappa shape index (κ2) is 12.2. The first-order valence-corrected chi connectivity index (χ1v) is 14.3. The molecule has 0 radical (unpaired) electrons. The largest absolute Gasteiger partial charge is 0.465 e. The van der Waals surface area contributed by atoms with Gasteiger partial charge in [0, 0.05) is 61.6 Å². The molecule has 2 aromatic rings. The van der Waals surface area contributed by atoms with Gasteiger partial charge in [-0.25, -0.2) is 9.78 Å². The number of benzene rings is 1. The first-order valence-electron chi connectivity index (χ1n) is 13.5. The highest BCUT2D eigenvalue weighted by Gasteiger charge is 2.34. The van der Waals surface area contributed by atoms with Gasteiger partial charge in [0.05, 0.1) is 24.2 Å². The Balaban J connectivity index is 1.18. The summed E-state index contributed by atoms with van der Waals surface area (Å²) in [4.78, 5) is 28.9. The summed E-state index contributed by atoms with van der Waals surface area (Å²) < 4.78 is 4.97. The first kappa shape index (κ1) is 27.2. The van der Waals surface area contributed by atoms with Crippen molar-refractivity contribution in [3.63, 3.8) is 0 Å². The number of nitrogens with zero attached hydrogens (tertiary/aromatic N) is 5. The number of aliphatic imine (C=N–C) groups is 1. The number of piperidine rings is 1. The van der Waals surface area contributed by atoms with Crippen molar-refractivity contribution in [3.05, 3.63) is 57.2 Å². The molecule has 0 saturated carbocycles. The highest BCUT2D eigenvalue weighted by atomic mass is 35.5. The summed E-state index contributed by atoms with van der Waals surface area (Å²) in [5.41, 5.74) is 2.47. The molecule has 2 fully saturated rings. The smallest absolute Gasteiger partial charge is 0.338 e. The predicted octanol–water partition coefficient (Wildman–Crippen LogP) is 4.09. The van der Waals surface area contributed by atoms with Crippen molar-refractivity contribution in [1.82, 2.24) is 20.1 Å². The Morgan fingerprint density at radius 2 is 1.97 bits per heavy atom. The number of pyridine rings is 1. The van der Waals surface area contributed by atoms with E-state index in [-0.39, 0.29) is 5.97 Å². The second-order valence-corrected chi connectivity index (χ2v) is 11.1. The highest BCUT2D eigenvalue weighted by molar-refractivity contribution is 6.33. The van der Waals surface area contributed by atoms with Crippen LogP contribution >= 0.6 is 23.2 Å². The Kier molecular flexibility index (Phi) is 8.73. The molecule has 0 bridgehead atoms. The zero-order chi connectivity index (χ0) is 26.6. The summed E-state index contributed by atoms with van der Waals surface area (Å²) in [6, 6.07) is 8.49. The van der Waals surface area contributed by atoms with Crippen molar-refractivity contribution in [2.45, 2.75) is 44.8 Å². The third kappa shape index (κ3) is 5.93. The Morgan fingerprint density at radius 3 is 2.66 bits per heavy atom. The minimum atomic E-state index is -0.339. The summed E-state index contributed by atoms with van der Waals surface area (Å²) in [7, 11) is 1.41. The van der Waals surface area contributed by atoms with Gasteiger partial charge in [-0.3, -0.25) is 14.8 Å². The van der Waals surface area contributed by atoms with Gasteiger partial charge in [0.2, 0.25) is 0 Å². The number of anilines is 1. The van der Waals surface area contributed by atoms with Crippen LogP contribution in [0, 0.1) is 0 Å². The third-order valence-corrected chi connectivity index (χ3v) is 8.48. The molecule has 1 aromatic heterocycles. The van der Waals surface area contributed by atoms with Crippen LogP contribution in [0.15, 0.2) is 35.5 Å². The van der Waals surface area contributed by atoms with E-state index in [1.165, 1.54) is 7.11 Å². The molecule has 0 amide bonds. The van der Waals surface area contributed by atoms with Gasteiger partial charge in [-0.15, -0.1) is 0 Å². The minimum Gasteiger partial charge on any atom is -0.465 e. The van der Waals surface area contributed by atoms with Crippen LogP contribution in [0.1, 0.15) is 47.7 Å². The number of amidine groups is 1. The van der Waals surface area contributed by atoms with Crippen molar-refractivity contribution in [2.75, 3.05) is 57.8 Å². The summed E-state index contributed by atoms with van der Waals surface area (Å²) in [6.07, 6.45) is 5.19. The fraction of sp³-hybridized carbons (Fsp3) is 0.536. The van der Waals surface area contributed by atoms with Crippen LogP contribution in [0.25, 0.3) is 0 Å². The molecular formula is C28H36Cl2N6O2. The molecular weight excluding hydrogens is 523 g/mol. The number of esters is 1. The standard InChI is InChI=1S/C28H36Cl2N6O2/c1-3-22-18-35(27-25(30)14-20(16-33-27)26-31-8-9-32-26)12-13-36(22)23-6-10-34(11-7-23)17-19-4-5-21(29)15-24(19)28(37)38-2/h4-5,14-16,22-23H,3,6-13,17-18H2,1-2H3,(H,31,32)/t22-/m0/s1. The molecule has 1 aromatic carbocycles. The number of rotatable bonds is 7. The van der Waals surface area contributed by atoms with E-state index < -0.39 is 0 Å². The molecule has 1 N–H and O–H groups in total. The van der Waals surface area contributed by atoms with Crippen molar-refractivity contribution in [3.8, 4) is 0 Å². The van der Waals surface area contributed by atoms with Gasteiger partial charge < -0.3 is 15.0 Å². The molecule has 4 heterocycles. The molecule has 204 valence electrons. The average molecular weight is 560 g/mol. The van der Waals surface area contributed by atoms with Gasteiger partial charge in [-0.05, 0) is 56.1 Å². The van der Waals surface area contributed by atoms with Gasteiger partial charge in [-0.2, -0.15) is 0 Å². The van der Waals surface area contributed by atoms with Crippen molar-refractivity contribution in [1.29, 1.82) is 0 Å². The van der Waals surface area contributed by atoms with Crippen molar-refractivity contribution in [2.24, 2.45) is 4.99 Å². The van der Waals surface area contributed by atoms with Gasteiger partial charge in [-0.1, -0.05) is 36.2 Å². The molecule has 1 atom stereocenters. The lowest BCUT2D eigenvalue weighted by molar-refractivity contribution is 0.0576. The van der Waals surface area contributed by atoms with E-state index in [0.29, 0.717) is 27.7 Å². The number of methoxy groups -OCH3 is 1. The summed E-state index contributed by atoms with van der Waals surface area (Å²) in [5.74, 6) is 1.41. The summed E-state index contributed by atoms with van der Waals surface area (Å²) in [6.45, 7) is 9.49. The topological polar surface area (TPSA) is 73.3 Å². The molecule has 38 heavy (non-hydrogen) atoms. The van der Waals surface area contributed by atoms with E-state index in [0.717, 1.165) is 94.4 Å². The van der Waals surface area contributed by atoms with E-state index in [1.807, 2.05) is 24.4 Å². The lowest BCUT2D eigenvalue weighted by Gasteiger charge is -2.47. The Labute approximate surface area is 235 Å². The number of carbonyl (C=O) groups is 1. The number of halogens is 2. The molecule has 0 spiro atoms. The highest BCUT2D eigenvalue weighted by Crippen LogP contribution is 2.30. The molecule has 0 unspecified atom stereocenters. The van der Waals surface area contributed by atoms with Gasteiger partial charge in [0.15, 0.2) is 0 Å². The maximum absolute atomic E-state index is 12.3. The molecule has 3 aliphatic heterocycles. The monoisotopic (exact) mass is 558 g/mol. The number of piperazine rings is 1. The molecule has 3 aliphatic rings. The second-order valence-electron chi connectivity index (χ2n) is 10.2. The van der Waals surface area contributed by atoms with E-state index >= 15 is 0 Å². The molecule has 10 heteroatoms. The molecule has 5 rings (SSSR count). The fourth-order valence-electron chi connectivity index (χ4n) is 5.93. The van der Waals surface area contributed by atoms with Gasteiger partial charge in [0.1, 0.15) is 11.7 Å². The van der Waals surface area contributed by atoms with Crippen LogP contribution in [0.3, 0.4) is 0 Å². The molecule has 8 nitrogen and oxygen atoms in total. The zero-order valence-corrected chi connectivity index (χ0v) is 23.6. The Bertz CT molecular complexity index is 1180. The van der Waals surface area contributed by atoms with Crippen molar-refractivity contribution < 1.29 is 9.53 Å². The SMILES string of the molecule is CC[C@H]1CN(c2ncc(C3=NCCN3)cc2Cl)CCN1C1CCN(Cc2ccc(Cl)cc2C(=O)OC)CC1. The number of carbonyl (C=O) groups excluding carboxylic acids is 1. The number of hydrogen-bond donors (Lipinski definition) is 1. The quantitative estimate of drug-likeness (QED) is 0.513. The van der Waals surface area contributed by atoms with Crippen LogP contribution in [-0.2, 0) is 11.3 Å². The maximum Gasteiger partial charge on any atom is 0.338 e. The maximum atomic E-state index is 12.3. The number of hydrogen-bond acceptors (Lipinski definition) is 8. The lowest BCUT2D eigenvalue weighted by Crippen LogP contribution is -2.58. The third-order valence-electron chi connectivity index (χ3n) is 7.97. The van der Waals surface area contributed by atoms with Crippen LogP contribution in [0.4, 0.5) is 5.82 Å². The Morgan fingerprint density at radius 1 is 1.16 bits per heavy atom. The summed E-state index contributed by atoms with van der Waals surface area (Å²) >= 11 is 12.8. The Hall–Kier alpha value is -2.39. The number of nitrogens with one attached hydrogen (secondary N) is 1. The van der Waals surface area contributed by atoms with Crippen LogP contribution in [-0.4, -0.2) is 91.6 Å². The number of likely N-dealkylation sites (tertiary alicyclic amines) is 1. The normalized spacial score (nSPS) is 21.3. The minimum absolute atomic E-state index is 0.339. The van der Waals surface area contributed by atoms with E-state index in [4.69, 9.17) is 32.9 Å². The van der Waals surface area contributed by atoms with Crippen LogP contribution < -0.4 is 10.2 Å². The van der Waals surface area contributed by atoms with E-state index in [1.54, 1.807) is 6.07 Å². The molecule has 0 aliphatic carbocycles. The van der Waals surface area contributed by atoms with E-state index in [9.17, 15) is 4.79 Å². The first-order chi connectivity index (χ1) is 18.5. The summed E-state index contributed by atoms with van der Waals surface area (Å²) in [5, 5.41) is 4.52. The number of aromatic nitrogens is 1. The van der Waals surface area contributed by atoms with Gasteiger partial charge >= 0.3 is 5.97 Å². The predicted molar refractivity (Wildman–Crippen MR) is 153 cm³/mol. The van der Waals surface area contributed by atoms with Crippen LogP contribution in [0.2, 0.25) is 10.0 Å². The van der Waals surface area contributed by atoms with Crippen LogP contribution in [0.5, 0.6) is 0 Å². The van der Waals surface area contributed by atoms with E-state index in [2.05, 4.69) is 31.9 Å². The zero-order valence-electron chi connectivity index (χ0n) is 22.1. The van der Waals surface area contributed by atoms with Gasteiger partial charge in [0.25, 0.3) is 0 Å². The fourth-order valence-corrected chi connectivity index (χ4v) is 6.38. The average Bonchev–Trinajstić information content (AvgIpc) is 3.49. The molecule has 2 saturated heterocycles. The number of ether oxygens (including phenoxy) is 1.